The minimum atomic E-state index is -4.71. The van der Waals surface area contributed by atoms with Crippen LogP contribution in [-0.2, 0) is 22.3 Å². The van der Waals surface area contributed by atoms with Crippen LogP contribution in [0.1, 0.15) is 18.7 Å². The number of hydrogen-bond donors (Lipinski definition) is 1. The number of alkyl halides is 3. The number of rotatable bonds is 3. The van der Waals surface area contributed by atoms with E-state index in [1.165, 1.54) is 12.1 Å². The van der Waals surface area contributed by atoms with Crippen LogP contribution in [0.3, 0.4) is 0 Å². The molecule has 9 heteroatoms. The number of fused-ring (bicyclic) bond motifs is 1. The lowest BCUT2D eigenvalue weighted by atomic mass is 10.2. The van der Waals surface area contributed by atoms with E-state index in [2.05, 4.69) is 4.98 Å². The smallest absolute Gasteiger partial charge is 0.449 e. The van der Waals surface area contributed by atoms with E-state index < -0.39 is 36.5 Å². The predicted molar refractivity (Wildman–Crippen MR) is 77.1 cm³/mol. The molecular formula is C15H14F3N3O3. The third-order valence-corrected chi connectivity index (χ3v) is 4.06. The Morgan fingerprint density at radius 3 is 2.67 bits per heavy atom. The average Bonchev–Trinajstić information content (AvgIpc) is 3.12. The number of nitrogens with zero attached hydrogens (tertiary/aromatic N) is 3. The lowest BCUT2D eigenvalue weighted by molar-refractivity contribution is -0.151. The fraction of sp³-hybridized carbons (Fsp3) is 0.400. The average molecular weight is 341 g/mol. The van der Waals surface area contributed by atoms with Crippen LogP contribution < -0.4 is 0 Å². The number of imidazole rings is 1. The molecule has 2 aromatic rings. The molecule has 1 aliphatic heterocycles. The van der Waals surface area contributed by atoms with Gasteiger partial charge in [-0.15, -0.1) is 0 Å². The van der Waals surface area contributed by atoms with Gasteiger partial charge in [-0.3, -0.25) is 4.79 Å². The van der Waals surface area contributed by atoms with Crippen molar-refractivity contribution < 1.29 is 27.9 Å². The maximum absolute atomic E-state index is 13.2. The molecule has 1 amide bonds. The SMILES string of the molecule is O=C(O)[C@@H]1CCCN1C(=O)Cn1c(C(F)(F)F)nc2ccccc21. The van der Waals surface area contributed by atoms with Gasteiger partial charge < -0.3 is 14.6 Å². The molecule has 1 fully saturated rings. The molecule has 24 heavy (non-hydrogen) atoms. The van der Waals surface area contributed by atoms with E-state index in [-0.39, 0.29) is 17.6 Å². The first-order chi connectivity index (χ1) is 11.3. The summed E-state index contributed by atoms with van der Waals surface area (Å²) in [5, 5.41) is 9.12. The summed E-state index contributed by atoms with van der Waals surface area (Å²) in [4.78, 5) is 28.3. The number of amides is 1. The van der Waals surface area contributed by atoms with Crippen molar-refractivity contribution in [3.8, 4) is 0 Å². The number of benzene rings is 1. The Morgan fingerprint density at radius 1 is 1.29 bits per heavy atom. The van der Waals surface area contributed by atoms with Crippen molar-refractivity contribution in [1.82, 2.24) is 14.5 Å². The van der Waals surface area contributed by atoms with Crippen molar-refractivity contribution in [3.05, 3.63) is 30.1 Å². The number of carbonyl (C=O) groups is 2. The molecule has 0 bridgehead atoms. The Morgan fingerprint density at radius 2 is 2.00 bits per heavy atom. The van der Waals surface area contributed by atoms with E-state index in [1.807, 2.05) is 0 Å². The van der Waals surface area contributed by atoms with E-state index in [9.17, 15) is 22.8 Å². The summed E-state index contributed by atoms with van der Waals surface area (Å²) in [6.07, 6.45) is -3.89. The zero-order valence-corrected chi connectivity index (χ0v) is 12.5. The number of hydrogen-bond acceptors (Lipinski definition) is 3. The highest BCUT2D eigenvalue weighted by Gasteiger charge is 2.39. The van der Waals surface area contributed by atoms with E-state index in [1.54, 1.807) is 12.1 Å². The van der Waals surface area contributed by atoms with E-state index in [0.717, 1.165) is 9.47 Å². The molecule has 1 atom stereocenters. The maximum atomic E-state index is 13.2. The van der Waals surface area contributed by atoms with E-state index in [4.69, 9.17) is 5.11 Å². The van der Waals surface area contributed by atoms with Crippen molar-refractivity contribution in [1.29, 1.82) is 0 Å². The molecule has 1 aromatic heterocycles. The molecule has 0 aliphatic carbocycles. The molecule has 0 unspecified atom stereocenters. The van der Waals surface area contributed by atoms with Crippen molar-refractivity contribution in [3.63, 3.8) is 0 Å². The third kappa shape index (κ3) is 2.81. The zero-order valence-electron chi connectivity index (χ0n) is 12.5. The van der Waals surface area contributed by atoms with E-state index in [0.29, 0.717) is 12.8 Å². The lowest BCUT2D eigenvalue weighted by Crippen LogP contribution is -2.42. The number of carboxylic acids is 1. The second-order valence-electron chi connectivity index (χ2n) is 5.59. The molecule has 6 nitrogen and oxygen atoms in total. The quantitative estimate of drug-likeness (QED) is 0.928. The Hall–Kier alpha value is -2.58. The van der Waals surface area contributed by atoms with Gasteiger partial charge in [0, 0.05) is 6.54 Å². The molecule has 1 aromatic carbocycles. The van der Waals surface area contributed by atoms with Gasteiger partial charge in [0.05, 0.1) is 11.0 Å². The monoisotopic (exact) mass is 341 g/mol. The number of carbonyl (C=O) groups excluding carboxylic acids is 1. The number of para-hydroxylation sites is 2. The van der Waals surface area contributed by atoms with Crippen LogP contribution in [0.15, 0.2) is 24.3 Å². The number of carboxylic acid groups (broad SMARTS) is 1. The highest BCUT2D eigenvalue weighted by atomic mass is 19.4. The van der Waals surface area contributed by atoms with Crippen LogP contribution >= 0.6 is 0 Å². The topological polar surface area (TPSA) is 75.4 Å². The van der Waals surface area contributed by atoms with Gasteiger partial charge in [-0.1, -0.05) is 12.1 Å². The first-order valence-corrected chi connectivity index (χ1v) is 7.34. The summed E-state index contributed by atoms with van der Waals surface area (Å²) in [5.41, 5.74) is 0.318. The number of halogens is 3. The Bertz CT molecular complexity index is 800. The molecule has 128 valence electrons. The summed E-state index contributed by atoms with van der Waals surface area (Å²) in [7, 11) is 0. The Balaban J connectivity index is 1.97. The third-order valence-electron chi connectivity index (χ3n) is 4.06. The molecule has 0 spiro atoms. The summed E-state index contributed by atoms with van der Waals surface area (Å²) in [6.45, 7) is -0.372. The van der Waals surface area contributed by atoms with Crippen LogP contribution in [-0.4, -0.2) is 44.0 Å². The molecule has 0 radical (unpaired) electrons. The van der Waals surface area contributed by atoms with Gasteiger partial charge in [-0.2, -0.15) is 13.2 Å². The highest BCUT2D eigenvalue weighted by Crippen LogP contribution is 2.31. The fourth-order valence-electron chi connectivity index (χ4n) is 3.00. The maximum Gasteiger partial charge on any atom is 0.449 e. The normalized spacial score (nSPS) is 18.3. The first-order valence-electron chi connectivity index (χ1n) is 7.34. The lowest BCUT2D eigenvalue weighted by Gasteiger charge is -2.22. The van der Waals surface area contributed by atoms with Crippen LogP contribution in [0.4, 0.5) is 13.2 Å². The van der Waals surface area contributed by atoms with Gasteiger partial charge in [0.1, 0.15) is 12.6 Å². The van der Waals surface area contributed by atoms with Gasteiger partial charge in [-0.05, 0) is 25.0 Å². The van der Waals surface area contributed by atoms with Crippen LogP contribution in [0, 0.1) is 0 Å². The Labute approximate surface area is 134 Å². The summed E-state index contributed by atoms with van der Waals surface area (Å²) in [5.74, 6) is -2.97. The number of likely N-dealkylation sites (tertiary alicyclic amines) is 1. The second kappa shape index (κ2) is 5.81. The summed E-state index contributed by atoms with van der Waals surface area (Å²) >= 11 is 0. The minimum absolute atomic E-state index is 0.133. The Kier molecular flexibility index (Phi) is 3.94. The molecule has 1 saturated heterocycles. The van der Waals surface area contributed by atoms with Crippen molar-refractivity contribution in [2.75, 3.05) is 6.54 Å². The highest BCUT2D eigenvalue weighted by molar-refractivity contribution is 5.85. The molecule has 0 saturated carbocycles. The van der Waals surface area contributed by atoms with Gasteiger partial charge in [0.15, 0.2) is 0 Å². The molecule has 2 heterocycles. The van der Waals surface area contributed by atoms with Crippen molar-refractivity contribution in [2.45, 2.75) is 31.6 Å². The summed E-state index contributed by atoms with van der Waals surface area (Å²) < 4.78 is 40.5. The molecule has 3 rings (SSSR count). The first kappa shape index (κ1) is 16.3. The minimum Gasteiger partial charge on any atom is -0.480 e. The zero-order chi connectivity index (χ0) is 17.5. The largest absolute Gasteiger partial charge is 0.480 e. The molecular weight excluding hydrogens is 327 g/mol. The van der Waals surface area contributed by atoms with Gasteiger partial charge in [0.25, 0.3) is 0 Å². The van der Waals surface area contributed by atoms with Crippen LogP contribution in [0.25, 0.3) is 11.0 Å². The standard InChI is InChI=1S/C15H14F3N3O3/c16-15(17,18)14-19-9-4-1-2-5-10(9)21(14)8-12(22)20-7-3-6-11(20)13(23)24/h1-2,4-5,11H,3,6-8H2,(H,23,24)/t11-/m0/s1. The fourth-order valence-corrected chi connectivity index (χ4v) is 3.00. The number of aromatic nitrogens is 2. The van der Waals surface area contributed by atoms with Crippen LogP contribution in [0.2, 0.25) is 0 Å². The molecule has 1 N–H and O–H groups in total. The van der Waals surface area contributed by atoms with Gasteiger partial charge >= 0.3 is 12.1 Å². The second-order valence-corrected chi connectivity index (χ2v) is 5.59. The van der Waals surface area contributed by atoms with Crippen molar-refractivity contribution in [2.24, 2.45) is 0 Å². The summed E-state index contributed by atoms with van der Waals surface area (Å²) in [6, 6.07) is 5.01. The molecule has 1 aliphatic rings. The van der Waals surface area contributed by atoms with E-state index >= 15 is 0 Å². The van der Waals surface area contributed by atoms with Gasteiger partial charge in [-0.25, -0.2) is 9.78 Å². The predicted octanol–water partition coefficient (Wildman–Crippen LogP) is 2.13. The number of aliphatic carboxylic acids is 1. The van der Waals surface area contributed by atoms with Gasteiger partial charge in [0.2, 0.25) is 11.7 Å². The van der Waals surface area contributed by atoms with Crippen molar-refractivity contribution >= 4 is 22.9 Å². The van der Waals surface area contributed by atoms with Crippen LogP contribution in [0.5, 0.6) is 0 Å².